The lowest BCUT2D eigenvalue weighted by Crippen LogP contribution is -2.53. The largest absolute Gasteiger partial charge is 0.573 e. The van der Waals surface area contributed by atoms with Crippen LogP contribution in [0.3, 0.4) is 0 Å². The molecule has 276 valence electrons. The maximum absolute atomic E-state index is 15.2. The summed E-state index contributed by atoms with van der Waals surface area (Å²) in [5, 5.41) is 12.6. The number of nitrogens with one attached hydrogen (secondary N) is 1. The van der Waals surface area contributed by atoms with E-state index in [1.165, 1.54) is 29.2 Å². The Hall–Kier alpha value is -4.91. The molecule has 2 aliphatic heterocycles. The Kier molecular flexibility index (Phi) is 8.55. The number of fused-ring (bicyclic) bond motifs is 4. The van der Waals surface area contributed by atoms with Crippen molar-refractivity contribution in [1.29, 1.82) is 0 Å². The van der Waals surface area contributed by atoms with Gasteiger partial charge >= 0.3 is 6.36 Å². The maximum Gasteiger partial charge on any atom is 0.573 e. The Balaban J connectivity index is 1.33. The second kappa shape index (κ2) is 12.9. The lowest BCUT2D eigenvalue weighted by molar-refractivity contribution is -0.274. The number of rotatable bonds is 6. The number of carbonyl (C=O) groups is 4. The van der Waals surface area contributed by atoms with Gasteiger partial charge in [-0.3, -0.25) is 29.5 Å². The molecule has 53 heavy (non-hydrogen) atoms. The zero-order valence-electron chi connectivity index (χ0n) is 28.1. The lowest BCUT2D eigenvalue weighted by atomic mass is 9.49. The number of hydrazine groups is 1. The molecule has 5 aliphatic rings. The molecule has 8 rings (SSSR count). The second-order valence-corrected chi connectivity index (χ2v) is 14.9. The smallest absolute Gasteiger partial charge is 0.508 e. The SMILES string of the molecule is O=C1[C@@H]2C[C@@H]3C(=CC[C@@H]4C(=O)N(C5CCCCC5)C(=O)[C@@H]43)[C@H](c3cc(OC(F)(F)F)ccc3O)[C@]2(c2ccc(Cl)cc2)C(=O)N1Nc1ccc(F)cc1. The van der Waals surface area contributed by atoms with Gasteiger partial charge in [-0.25, -0.2) is 4.39 Å². The van der Waals surface area contributed by atoms with Crippen molar-refractivity contribution in [2.75, 3.05) is 5.43 Å². The number of amides is 4. The molecule has 3 aromatic rings. The molecule has 0 unspecified atom stereocenters. The summed E-state index contributed by atoms with van der Waals surface area (Å²) >= 11 is 6.29. The number of hydrogen-bond donors (Lipinski definition) is 2. The Morgan fingerprint density at radius 2 is 1.57 bits per heavy atom. The van der Waals surface area contributed by atoms with Gasteiger partial charge in [0.1, 0.15) is 17.3 Å². The zero-order valence-corrected chi connectivity index (χ0v) is 28.9. The number of anilines is 1. The van der Waals surface area contributed by atoms with E-state index in [1.807, 2.05) is 0 Å². The number of benzene rings is 3. The Morgan fingerprint density at radius 1 is 0.868 bits per heavy atom. The van der Waals surface area contributed by atoms with Gasteiger partial charge < -0.3 is 9.84 Å². The highest BCUT2D eigenvalue weighted by atomic mass is 35.5. The fourth-order valence-electron chi connectivity index (χ4n) is 9.68. The fraction of sp³-hybridized carbons (Fsp3) is 0.385. The molecule has 0 aromatic heterocycles. The van der Waals surface area contributed by atoms with Crippen LogP contribution in [0.1, 0.15) is 62.0 Å². The average Bonchev–Trinajstić information content (AvgIpc) is 3.51. The van der Waals surface area contributed by atoms with Crippen LogP contribution in [0.2, 0.25) is 5.02 Å². The number of nitrogens with zero attached hydrogens (tertiary/aromatic N) is 2. The van der Waals surface area contributed by atoms with E-state index < -0.39 is 70.5 Å². The van der Waals surface area contributed by atoms with E-state index in [0.717, 1.165) is 54.6 Å². The molecule has 2 heterocycles. The molecule has 0 bridgehead atoms. The highest BCUT2D eigenvalue weighted by molar-refractivity contribution is 6.30. The van der Waals surface area contributed by atoms with E-state index in [0.29, 0.717) is 29.0 Å². The number of likely N-dealkylation sites (tertiary alicyclic amines) is 1. The summed E-state index contributed by atoms with van der Waals surface area (Å²) in [6.07, 6.45) is 0.838. The third-order valence-electron chi connectivity index (χ3n) is 11.8. The Labute approximate surface area is 306 Å². The number of imide groups is 2. The van der Waals surface area contributed by atoms with E-state index >= 15 is 4.79 Å². The van der Waals surface area contributed by atoms with Crippen molar-refractivity contribution < 1.29 is 46.6 Å². The topological polar surface area (TPSA) is 116 Å². The number of carbonyl (C=O) groups excluding carboxylic acids is 4. The van der Waals surface area contributed by atoms with Gasteiger partial charge in [-0.15, -0.1) is 13.2 Å². The first kappa shape index (κ1) is 35.1. The highest BCUT2D eigenvalue weighted by Crippen LogP contribution is 2.65. The highest BCUT2D eigenvalue weighted by Gasteiger charge is 2.71. The molecule has 9 nitrogen and oxygen atoms in total. The van der Waals surface area contributed by atoms with Gasteiger partial charge in [0.05, 0.1) is 28.9 Å². The van der Waals surface area contributed by atoms with Gasteiger partial charge in [-0.1, -0.05) is 54.6 Å². The van der Waals surface area contributed by atoms with Gasteiger partial charge in [0.15, 0.2) is 0 Å². The first-order valence-corrected chi connectivity index (χ1v) is 18.0. The maximum atomic E-state index is 15.2. The van der Waals surface area contributed by atoms with E-state index in [4.69, 9.17) is 11.6 Å². The van der Waals surface area contributed by atoms with Gasteiger partial charge in [0, 0.05) is 22.5 Å². The first-order valence-electron chi connectivity index (χ1n) is 17.6. The van der Waals surface area contributed by atoms with Crippen LogP contribution < -0.4 is 10.2 Å². The number of alkyl halides is 3. The van der Waals surface area contributed by atoms with Crippen LogP contribution in [-0.4, -0.2) is 51.0 Å². The molecule has 14 heteroatoms. The third-order valence-corrected chi connectivity index (χ3v) is 12.0. The molecule has 3 aromatic carbocycles. The molecule has 3 aliphatic carbocycles. The predicted molar refractivity (Wildman–Crippen MR) is 183 cm³/mol. The van der Waals surface area contributed by atoms with Crippen molar-refractivity contribution in [3.05, 3.63) is 100 Å². The van der Waals surface area contributed by atoms with Crippen LogP contribution in [0.5, 0.6) is 11.5 Å². The molecule has 2 saturated carbocycles. The van der Waals surface area contributed by atoms with Gasteiger partial charge in [0.2, 0.25) is 11.8 Å². The number of aromatic hydroxyl groups is 1. The Bertz CT molecular complexity index is 2030. The third kappa shape index (κ3) is 5.66. The van der Waals surface area contributed by atoms with E-state index in [1.54, 1.807) is 18.2 Å². The van der Waals surface area contributed by atoms with Crippen LogP contribution in [0.25, 0.3) is 0 Å². The van der Waals surface area contributed by atoms with Gasteiger partial charge in [0.25, 0.3) is 11.8 Å². The summed E-state index contributed by atoms with van der Waals surface area (Å²) in [5.74, 6) is -8.80. The number of phenols is 1. The van der Waals surface area contributed by atoms with Crippen molar-refractivity contribution >= 4 is 40.9 Å². The molecular formula is C39H34ClF4N3O6. The second-order valence-electron chi connectivity index (χ2n) is 14.5. The minimum Gasteiger partial charge on any atom is -0.508 e. The Morgan fingerprint density at radius 3 is 2.25 bits per heavy atom. The minimum atomic E-state index is -5.09. The fourth-order valence-corrected chi connectivity index (χ4v) is 9.81. The zero-order chi connectivity index (χ0) is 37.4. The average molecular weight is 752 g/mol. The van der Waals surface area contributed by atoms with Crippen LogP contribution in [0, 0.1) is 29.5 Å². The number of phenolic OH excluding ortho intramolecular Hbond substituents is 1. The lowest BCUT2D eigenvalue weighted by Gasteiger charge is -2.50. The monoisotopic (exact) mass is 751 g/mol. The molecule has 4 amide bonds. The standard InChI is InChI=1S/C39H34ClF4N3O6/c40-21-8-6-20(7-9-21)38-30(35(50)47(37(38)52)45-23-12-10-22(41)11-13-23)19-28-26(33(38)29-18-25(14-17-31(29)48)53-39(42,43)44)15-16-27-32(28)36(51)46(34(27)49)24-4-2-1-3-5-24/h6-15,17-18,24,27-28,30,32-33,45,48H,1-5,16,19H2/t27-,28+,30-,32-,33+,38+/m0/s1. The van der Waals surface area contributed by atoms with Crippen LogP contribution >= 0.6 is 11.6 Å². The molecule has 2 saturated heterocycles. The van der Waals surface area contributed by atoms with Crippen molar-refractivity contribution in [3.63, 3.8) is 0 Å². The molecule has 0 radical (unpaired) electrons. The quantitative estimate of drug-likeness (QED) is 0.153. The summed E-state index contributed by atoms with van der Waals surface area (Å²) in [6.45, 7) is 0. The summed E-state index contributed by atoms with van der Waals surface area (Å²) in [5.41, 5.74) is 1.73. The van der Waals surface area contributed by atoms with Crippen LogP contribution in [0.4, 0.5) is 23.2 Å². The predicted octanol–water partition coefficient (Wildman–Crippen LogP) is 7.40. The van der Waals surface area contributed by atoms with E-state index in [9.17, 15) is 37.1 Å². The van der Waals surface area contributed by atoms with Gasteiger partial charge in [-0.2, -0.15) is 5.01 Å². The molecule has 4 fully saturated rings. The van der Waals surface area contributed by atoms with Gasteiger partial charge in [-0.05, 0) is 91.8 Å². The molecule has 0 spiro atoms. The van der Waals surface area contributed by atoms with E-state index in [-0.39, 0.29) is 41.9 Å². The number of allylic oxidation sites excluding steroid dienone is 2. The minimum absolute atomic E-state index is 0.0602. The van der Waals surface area contributed by atoms with Crippen LogP contribution in [0.15, 0.2) is 78.4 Å². The summed E-state index contributed by atoms with van der Waals surface area (Å²) < 4.78 is 58.8. The summed E-state index contributed by atoms with van der Waals surface area (Å²) in [6, 6.07) is 13.8. The molecule has 6 atom stereocenters. The molecule has 2 N–H and O–H groups in total. The summed E-state index contributed by atoms with van der Waals surface area (Å²) in [4.78, 5) is 59.8. The number of halogens is 5. The number of hydrogen-bond acceptors (Lipinski definition) is 7. The normalized spacial score (nSPS) is 28.8. The van der Waals surface area contributed by atoms with E-state index in [2.05, 4.69) is 10.2 Å². The van der Waals surface area contributed by atoms with Crippen molar-refractivity contribution in [1.82, 2.24) is 9.91 Å². The first-order chi connectivity index (χ1) is 25.3. The van der Waals surface area contributed by atoms with Crippen molar-refractivity contribution in [3.8, 4) is 11.5 Å². The van der Waals surface area contributed by atoms with Crippen LogP contribution in [-0.2, 0) is 24.6 Å². The molecular weight excluding hydrogens is 718 g/mol. The number of ether oxygens (including phenoxy) is 1. The van der Waals surface area contributed by atoms with Crippen molar-refractivity contribution in [2.24, 2.45) is 23.7 Å². The summed E-state index contributed by atoms with van der Waals surface area (Å²) in [7, 11) is 0. The van der Waals surface area contributed by atoms with Crippen molar-refractivity contribution in [2.45, 2.75) is 68.7 Å².